The first kappa shape index (κ1) is 15.0. The van der Waals surface area contributed by atoms with Crippen LogP contribution in [0, 0.1) is 0 Å². The van der Waals surface area contributed by atoms with Crippen molar-refractivity contribution in [3.63, 3.8) is 0 Å². The highest BCUT2D eigenvalue weighted by Gasteiger charge is 2.38. The van der Waals surface area contributed by atoms with Crippen LogP contribution >= 0.6 is 0 Å². The van der Waals surface area contributed by atoms with E-state index < -0.39 is 0 Å². The fourth-order valence-electron chi connectivity index (χ4n) is 2.72. The van der Waals surface area contributed by atoms with Crippen molar-refractivity contribution >= 4 is 5.91 Å². The van der Waals surface area contributed by atoms with Crippen molar-refractivity contribution in [2.45, 2.75) is 31.3 Å². The molecule has 20 heavy (non-hydrogen) atoms. The van der Waals surface area contributed by atoms with Crippen LogP contribution in [0.25, 0.3) is 0 Å². The molecule has 0 heterocycles. The molecule has 2 N–H and O–H groups in total. The smallest absolute Gasteiger partial charge is 0.251 e. The first-order chi connectivity index (χ1) is 9.57. The molecule has 1 aromatic rings. The summed E-state index contributed by atoms with van der Waals surface area (Å²) in [5.74, 6) is -0.0365. The van der Waals surface area contributed by atoms with Crippen LogP contribution in [-0.2, 0) is 6.54 Å². The summed E-state index contributed by atoms with van der Waals surface area (Å²) < 4.78 is 0. The molecular formula is C16H25N3O. The van der Waals surface area contributed by atoms with E-state index in [1.54, 1.807) is 7.05 Å². The first-order valence-corrected chi connectivity index (χ1v) is 7.26. The summed E-state index contributed by atoms with van der Waals surface area (Å²) in [5, 5.41) is 6.18. The number of rotatable bonds is 6. The van der Waals surface area contributed by atoms with Crippen molar-refractivity contribution < 1.29 is 4.79 Å². The van der Waals surface area contributed by atoms with E-state index in [1.807, 2.05) is 24.3 Å². The van der Waals surface area contributed by atoms with Crippen LogP contribution in [0.1, 0.15) is 35.2 Å². The Labute approximate surface area is 121 Å². The van der Waals surface area contributed by atoms with Gasteiger partial charge in [0.1, 0.15) is 0 Å². The highest BCUT2D eigenvalue weighted by Crippen LogP contribution is 2.35. The summed E-state index contributed by atoms with van der Waals surface area (Å²) in [4.78, 5) is 13.8. The molecule has 1 aliphatic rings. The van der Waals surface area contributed by atoms with Gasteiger partial charge >= 0.3 is 0 Å². The maximum atomic E-state index is 11.5. The summed E-state index contributed by atoms with van der Waals surface area (Å²) in [5.41, 5.74) is 2.27. The van der Waals surface area contributed by atoms with Crippen LogP contribution in [0.15, 0.2) is 24.3 Å². The van der Waals surface area contributed by atoms with Crippen LogP contribution in [0.5, 0.6) is 0 Å². The molecule has 1 saturated carbocycles. The summed E-state index contributed by atoms with van der Waals surface area (Å²) in [6.07, 6.45) is 3.89. The molecule has 110 valence electrons. The number of likely N-dealkylation sites (N-methyl/N-ethyl adjacent to an activating group) is 1. The molecule has 0 aromatic heterocycles. The zero-order valence-electron chi connectivity index (χ0n) is 12.7. The van der Waals surface area contributed by atoms with Gasteiger partial charge < -0.3 is 15.5 Å². The van der Waals surface area contributed by atoms with Crippen LogP contribution < -0.4 is 10.6 Å². The van der Waals surface area contributed by atoms with Gasteiger partial charge in [0.15, 0.2) is 0 Å². The lowest BCUT2D eigenvalue weighted by atomic mass is 9.75. The van der Waals surface area contributed by atoms with Gasteiger partial charge in [0, 0.05) is 31.2 Å². The quantitative estimate of drug-likeness (QED) is 0.829. The lowest BCUT2D eigenvalue weighted by Gasteiger charge is -2.47. The molecule has 1 aromatic carbocycles. The zero-order chi connectivity index (χ0) is 14.6. The van der Waals surface area contributed by atoms with Gasteiger partial charge in [0.25, 0.3) is 5.91 Å². The molecule has 0 unspecified atom stereocenters. The monoisotopic (exact) mass is 275 g/mol. The van der Waals surface area contributed by atoms with Gasteiger partial charge in [-0.2, -0.15) is 0 Å². The molecule has 4 nitrogen and oxygen atoms in total. The van der Waals surface area contributed by atoms with Crippen molar-refractivity contribution in [2.75, 3.05) is 27.7 Å². The number of hydrogen-bond donors (Lipinski definition) is 2. The largest absolute Gasteiger partial charge is 0.355 e. The van der Waals surface area contributed by atoms with Gasteiger partial charge in [-0.1, -0.05) is 12.1 Å². The van der Waals surface area contributed by atoms with E-state index in [-0.39, 0.29) is 5.91 Å². The average Bonchev–Trinajstić information content (AvgIpc) is 2.41. The Morgan fingerprint density at radius 3 is 2.35 bits per heavy atom. The Morgan fingerprint density at radius 2 is 1.90 bits per heavy atom. The van der Waals surface area contributed by atoms with Crippen LogP contribution in [-0.4, -0.2) is 44.0 Å². The Balaban J connectivity index is 1.84. The molecule has 1 amide bonds. The number of carbonyl (C=O) groups is 1. The van der Waals surface area contributed by atoms with Crippen LogP contribution in [0.3, 0.4) is 0 Å². The van der Waals surface area contributed by atoms with Crippen LogP contribution in [0.4, 0.5) is 0 Å². The van der Waals surface area contributed by atoms with Gasteiger partial charge in [-0.25, -0.2) is 0 Å². The molecule has 0 spiro atoms. The predicted molar refractivity (Wildman–Crippen MR) is 81.8 cm³/mol. The second-order valence-electron chi connectivity index (χ2n) is 5.85. The number of nitrogens with zero attached hydrogens (tertiary/aromatic N) is 1. The van der Waals surface area contributed by atoms with E-state index in [4.69, 9.17) is 0 Å². The standard InChI is InChI=1S/C16H25N3O/c1-17-15(20)14-7-5-13(6-8-14)11-18-12-16(19(2)3)9-4-10-16/h5-8,18H,4,9-12H2,1-3H3,(H,17,20). The van der Waals surface area contributed by atoms with E-state index in [0.717, 1.165) is 13.1 Å². The van der Waals surface area contributed by atoms with Gasteiger partial charge in [-0.15, -0.1) is 0 Å². The Hall–Kier alpha value is -1.39. The fourth-order valence-corrected chi connectivity index (χ4v) is 2.72. The normalized spacial score (nSPS) is 16.8. The molecular weight excluding hydrogens is 250 g/mol. The Morgan fingerprint density at radius 1 is 1.25 bits per heavy atom. The van der Waals surface area contributed by atoms with E-state index in [2.05, 4.69) is 29.6 Å². The van der Waals surface area contributed by atoms with Gasteiger partial charge in [-0.05, 0) is 51.1 Å². The maximum Gasteiger partial charge on any atom is 0.251 e. The molecule has 1 fully saturated rings. The van der Waals surface area contributed by atoms with E-state index in [1.165, 1.54) is 24.8 Å². The number of hydrogen-bond acceptors (Lipinski definition) is 3. The number of benzene rings is 1. The average molecular weight is 275 g/mol. The highest BCUT2D eigenvalue weighted by atomic mass is 16.1. The van der Waals surface area contributed by atoms with Gasteiger partial charge in [-0.3, -0.25) is 4.79 Å². The number of nitrogens with one attached hydrogen (secondary N) is 2. The van der Waals surface area contributed by atoms with Crippen molar-refractivity contribution in [1.29, 1.82) is 0 Å². The molecule has 0 aliphatic heterocycles. The van der Waals surface area contributed by atoms with Gasteiger partial charge in [0.05, 0.1) is 0 Å². The predicted octanol–water partition coefficient (Wildman–Crippen LogP) is 1.62. The third-order valence-corrected chi connectivity index (χ3v) is 4.46. The third kappa shape index (κ3) is 3.19. The minimum Gasteiger partial charge on any atom is -0.355 e. The van der Waals surface area contributed by atoms with E-state index in [0.29, 0.717) is 11.1 Å². The van der Waals surface area contributed by atoms with E-state index >= 15 is 0 Å². The second kappa shape index (κ2) is 6.37. The maximum absolute atomic E-state index is 11.5. The number of amides is 1. The molecule has 4 heteroatoms. The Kier molecular flexibility index (Phi) is 4.78. The van der Waals surface area contributed by atoms with Crippen LogP contribution in [0.2, 0.25) is 0 Å². The van der Waals surface area contributed by atoms with E-state index in [9.17, 15) is 4.79 Å². The lowest BCUT2D eigenvalue weighted by Crippen LogP contribution is -2.56. The van der Waals surface area contributed by atoms with Crippen molar-refractivity contribution in [1.82, 2.24) is 15.5 Å². The minimum atomic E-state index is -0.0365. The Bertz CT molecular complexity index is 449. The first-order valence-electron chi connectivity index (χ1n) is 7.26. The molecule has 0 atom stereocenters. The SMILES string of the molecule is CNC(=O)c1ccc(CNCC2(N(C)C)CCC2)cc1. The minimum absolute atomic E-state index is 0.0365. The van der Waals surface area contributed by atoms with Crippen molar-refractivity contribution in [2.24, 2.45) is 0 Å². The second-order valence-corrected chi connectivity index (χ2v) is 5.85. The molecule has 2 rings (SSSR count). The lowest BCUT2D eigenvalue weighted by molar-refractivity contribution is 0.0598. The topological polar surface area (TPSA) is 44.4 Å². The third-order valence-electron chi connectivity index (χ3n) is 4.46. The molecule has 0 bridgehead atoms. The molecule has 1 aliphatic carbocycles. The summed E-state index contributed by atoms with van der Waals surface area (Å²) in [6.45, 7) is 1.88. The highest BCUT2D eigenvalue weighted by molar-refractivity contribution is 5.93. The van der Waals surface area contributed by atoms with Crippen molar-refractivity contribution in [3.05, 3.63) is 35.4 Å². The molecule has 0 radical (unpaired) electrons. The summed E-state index contributed by atoms with van der Waals surface area (Å²) >= 11 is 0. The molecule has 0 saturated heterocycles. The summed E-state index contributed by atoms with van der Waals surface area (Å²) in [7, 11) is 5.98. The van der Waals surface area contributed by atoms with Crippen molar-refractivity contribution in [3.8, 4) is 0 Å². The zero-order valence-corrected chi connectivity index (χ0v) is 12.7. The summed E-state index contributed by atoms with van der Waals surface area (Å²) in [6, 6.07) is 7.78. The van der Waals surface area contributed by atoms with Gasteiger partial charge in [0.2, 0.25) is 0 Å². The fraction of sp³-hybridized carbons (Fsp3) is 0.562. The number of carbonyl (C=O) groups excluding carboxylic acids is 1.